The van der Waals surface area contributed by atoms with Crippen LogP contribution >= 0.6 is 0 Å². The predicted octanol–water partition coefficient (Wildman–Crippen LogP) is 3.72. The Morgan fingerprint density at radius 1 is 1.29 bits per heavy atom. The summed E-state index contributed by atoms with van der Waals surface area (Å²) < 4.78 is 13.2. The smallest absolute Gasteiger partial charge is 0.293 e. The van der Waals surface area contributed by atoms with E-state index >= 15 is 0 Å². The summed E-state index contributed by atoms with van der Waals surface area (Å²) in [6.07, 6.45) is 0.548. The van der Waals surface area contributed by atoms with Gasteiger partial charge in [-0.15, -0.1) is 0 Å². The normalized spacial score (nSPS) is 11.7. The Balaban J connectivity index is 2.30. The van der Waals surface area contributed by atoms with Crippen LogP contribution in [0.25, 0.3) is 0 Å². The molecule has 21 heavy (non-hydrogen) atoms. The van der Waals surface area contributed by atoms with E-state index in [4.69, 9.17) is 0 Å². The number of anilines is 1. The highest BCUT2D eigenvalue weighted by atomic mass is 19.1. The third kappa shape index (κ3) is 3.42. The van der Waals surface area contributed by atoms with Crippen LogP contribution in [0.3, 0.4) is 0 Å². The first-order chi connectivity index (χ1) is 10.0. The van der Waals surface area contributed by atoms with Crippen LogP contribution in [-0.2, 0) is 0 Å². The molecular weight excluding hydrogens is 275 g/mol. The standard InChI is InChI=1S/C15H13FN2O3/c1-10(12-3-2-4-13(16)8-12)17-14-6-5-11(9-19)7-15(14)18(20)21/h2-10,17H,1H3. The van der Waals surface area contributed by atoms with Crippen LogP contribution < -0.4 is 5.32 Å². The van der Waals surface area contributed by atoms with Gasteiger partial charge in [-0.05, 0) is 36.8 Å². The minimum atomic E-state index is -0.562. The number of rotatable bonds is 5. The van der Waals surface area contributed by atoms with Gasteiger partial charge in [0, 0.05) is 17.7 Å². The Kier molecular flexibility index (Phi) is 4.27. The van der Waals surface area contributed by atoms with E-state index in [1.165, 1.54) is 30.3 Å². The van der Waals surface area contributed by atoms with Crippen LogP contribution in [0.2, 0.25) is 0 Å². The maximum absolute atomic E-state index is 13.2. The van der Waals surface area contributed by atoms with Gasteiger partial charge in [-0.1, -0.05) is 12.1 Å². The molecule has 0 aromatic heterocycles. The Hall–Kier alpha value is -2.76. The zero-order valence-electron chi connectivity index (χ0n) is 11.2. The molecule has 2 aromatic rings. The zero-order chi connectivity index (χ0) is 15.4. The lowest BCUT2D eigenvalue weighted by Gasteiger charge is -2.16. The predicted molar refractivity (Wildman–Crippen MR) is 76.9 cm³/mol. The minimum Gasteiger partial charge on any atom is -0.373 e. The number of nitrogens with zero attached hydrogens (tertiary/aromatic N) is 1. The van der Waals surface area contributed by atoms with Gasteiger partial charge >= 0.3 is 0 Å². The van der Waals surface area contributed by atoms with Crippen molar-refractivity contribution in [1.29, 1.82) is 0 Å². The molecule has 5 nitrogen and oxygen atoms in total. The number of halogens is 1. The molecule has 1 N–H and O–H groups in total. The number of nitro benzene ring substituents is 1. The number of nitro groups is 1. The molecule has 0 aliphatic carbocycles. The molecule has 0 radical (unpaired) electrons. The van der Waals surface area contributed by atoms with Gasteiger partial charge in [0.05, 0.1) is 4.92 Å². The number of aldehydes is 1. The molecule has 0 heterocycles. The number of nitrogens with one attached hydrogen (secondary N) is 1. The molecule has 108 valence electrons. The van der Waals surface area contributed by atoms with Crippen LogP contribution in [0.15, 0.2) is 42.5 Å². The van der Waals surface area contributed by atoms with Gasteiger partial charge in [-0.25, -0.2) is 4.39 Å². The van der Waals surface area contributed by atoms with E-state index in [0.717, 1.165) is 0 Å². The third-order valence-corrected chi connectivity index (χ3v) is 3.08. The first-order valence-electron chi connectivity index (χ1n) is 6.27. The Bertz CT molecular complexity index is 688. The van der Waals surface area contributed by atoms with Gasteiger partial charge in [0.2, 0.25) is 0 Å². The van der Waals surface area contributed by atoms with Crippen LogP contribution in [-0.4, -0.2) is 11.2 Å². The average molecular weight is 288 g/mol. The number of benzene rings is 2. The van der Waals surface area contributed by atoms with Crippen molar-refractivity contribution < 1.29 is 14.1 Å². The van der Waals surface area contributed by atoms with Crippen molar-refractivity contribution in [3.8, 4) is 0 Å². The highest BCUT2D eigenvalue weighted by Gasteiger charge is 2.17. The summed E-state index contributed by atoms with van der Waals surface area (Å²) in [6, 6.07) is 9.84. The maximum Gasteiger partial charge on any atom is 0.293 e. The highest BCUT2D eigenvalue weighted by Crippen LogP contribution is 2.29. The lowest BCUT2D eigenvalue weighted by atomic mass is 10.1. The van der Waals surface area contributed by atoms with Crippen LogP contribution in [0.4, 0.5) is 15.8 Å². The van der Waals surface area contributed by atoms with E-state index in [2.05, 4.69) is 5.32 Å². The lowest BCUT2D eigenvalue weighted by molar-refractivity contribution is -0.384. The molecular formula is C15H13FN2O3. The number of hydrogen-bond acceptors (Lipinski definition) is 4. The molecule has 2 aromatic carbocycles. The van der Waals surface area contributed by atoms with E-state index in [-0.39, 0.29) is 28.8 Å². The zero-order valence-corrected chi connectivity index (χ0v) is 11.2. The fourth-order valence-corrected chi connectivity index (χ4v) is 1.99. The summed E-state index contributed by atoms with van der Waals surface area (Å²) in [5, 5.41) is 14.0. The molecule has 0 bridgehead atoms. The van der Waals surface area contributed by atoms with E-state index in [1.54, 1.807) is 19.1 Å². The first-order valence-corrected chi connectivity index (χ1v) is 6.27. The summed E-state index contributed by atoms with van der Waals surface area (Å²) >= 11 is 0. The van der Waals surface area contributed by atoms with Gasteiger partial charge < -0.3 is 5.32 Å². The summed E-state index contributed by atoms with van der Waals surface area (Å²) in [5.41, 5.74) is 0.986. The van der Waals surface area contributed by atoms with Gasteiger partial charge in [0.15, 0.2) is 0 Å². The molecule has 1 atom stereocenters. The molecule has 0 spiro atoms. The average Bonchev–Trinajstić information content (AvgIpc) is 2.47. The molecule has 0 amide bonds. The van der Waals surface area contributed by atoms with Gasteiger partial charge in [-0.2, -0.15) is 0 Å². The van der Waals surface area contributed by atoms with Gasteiger partial charge in [0.25, 0.3) is 5.69 Å². The monoisotopic (exact) mass is 288 g/mol. The van der Waals surface area contributed by atoms with Crippen molar-refractivity contribution in [2.24, 2.45) is 0 Å². The van der Waals surface area contributed by atoms with Crippen LogP contribution in [0.1, 0.15) is 28.9 Å². The van der Waals surface area contributed by atoms with E-state index in [1.807, 2.05) is 0 Å². The second kappa shape index (κ2) is 6.13. The summed E-state index contributed by atoms with van der Waals surface area (Å²) in [6.45, 7) is 1.77. The maximum atomic E-state index is 13.2. The Morgan fingerprint density at radius 2 is 2.05 bits per heavy atom. The molecule has 0 saturated carbocycles. The van der Waals surface area contributed by atoms with Crippen molar-refractivity contribution in [1.82, 2.24) is 0 Å². The summed E-state index contributed by atoms with van der Waals surface area (Å²) in [5.74, 6) is -0.369. The van der Waals surface area contributed by atoms with Crippen molar-refractivity contribution >= 4 is 17.7 Å². The van der Waals surface area contributed by atoms with Crippen molar-refractivity contribution in [2.45, 2.75) is 13.0 Å². The Morgan fingerprint density at radius 3 is 2.67 bits per heavy atom. The largest absolute Gasteiger partial charge is 0.373 e. The van der Waals surface area contributed by atoms with E-state index in [9.17, 15) is 19.3 Å². The SMILES string of the molecule is CC(Nc1ccc(C=O)cc1[N+](=O)[O-])c1cccc(F)c1. The van der Waals surface area contributed by atoms with E-state index < -0.39 is 4.92 Å². The summed E-state index contributed by atoms with van der Waals surface area (Å²) in [7, 11) is 0. The number of carbonyl (C=O) groups is 1. The third-order valence-electron chi connectivity index (χ3n) is 3.08. The number of carbonyl (C=O) groups excluding carboxylic acids is 1. The highest BCUT2D eigenvalue weighted by molar-refractivity contribution is 5.79. The fourth-order valence-electron chi connectivity index (χ4n) is 1.99. The molecule has 2 rings (SSSR count). The number of hydrogen-bond donors (Lipinski definition) is 1. The molecule has 0 aliphatic heterocycles. The van der Waals surface area contributed by atoms with Crippen LogP contribution in [0, 0.1) is 15.9 Å². The molecule has 1 unspecified atom stereocenters. The Labute approximate surface area is 120 Å². The minimum absolute atomic E-state index is 0.192. The molecule has 0 saturated heterocycles. The second-order valence-electron chi connectivity index (χ2n) is 4.57. The van der Waals surface area contributed by atoms with Gasteiger partial charge in [0.1, 0.15) is 17.8 Å². The fraction of sp³-hybridized carbons (Fsp3) is 0.133. The second-order valence-corrected chi connectivity index (χ2v) is 4.57. The molecule has 6 heteroatoms. The quantitative estimate of drug-likeness (QED) is 0.517. The van der Waals surface area contributed by atoms with Crippen molar-refractivity contribution in [3.63, 3.8) is 0 Å². The van der Waals surface area contributed by atoms with Crippen molar-refractivity contribution in [3.05, 3.63) is 69.5 Å². The molecule has 0 aliphatic rings. The first kappa shape index (κ1) is 14.6. The van der Waals surface area contributed by atoms with E-state index in [0.29, 0.717) is 11.8 Å². The lowest BCUT2D eigenvalue weighted by Crippen LogP contribution is -2.09. The summed E-state index contributed by atoms with van der Waals surface area (Å²) in [4.78, 5) is 21.2. The van der Waals surface area contributed by atoms with Gasteiger partial charge in [-0.3, -0.25) is 14.9 Å². The topological polar surface area (TPSA) is 72.2 Å². The van der Waals surface area contributed by atoms with Crippen LogP contribution in [0.5, 0.6) is 0 Å². The van der Waals surface area contributed by atoms with Crippen molar-refractivity contribution in [2.75, 3.05) is 5.32 Å². The molecule has 0 fully saturated rings.